The highest BCUT2D eigenvalue weighted by atomic mass is 32.1. The zero-order chi connectivity index (χ0) is 19.5. The number of H-pyrrole nitrogens is 1. The van der Waals surface area contributed by atoms with Crippen LogP contribution >= 0.6 is 11.5 Å². The van der Waals surface area contributed by atoms with E-state index in [1.54, 1.807) is 6.07 Å². The van der Waals surface area contributed by atoms with E-state index >= 15 is 0 Å². The molecule has 0 amide bonds. The maximum absolute atomic E-state index is 14.9. The molecule has 27 heavy (non-hydrogen) atoms. The van der Waals surface area contributed by atoms with Crippen LogP contribution in [0.2, 0.25) is 0 Å². The summed E-state index contributed by atoms with van der Waals surface area (Å²) in [6, 6.07) is 3.02. The Morgan fingerprint density at radius 2 is 2.11 bits per heavy atom. The van der Waals surface area contributed by atoms with Crippen LogP contribution in [0.3, 0.4) is 0 Å². The molecular formula is C19H23FN4O2S. The Hall–Kier alpha value is -2.19. The number of benzene rings is 1. The van der Waals surface area contributed by atoms with E-state index in [2.05, 4.69) is 4.37 Å². The molecule has 1 aliphatic rings. The van der Waals surface area contributed by atoms with E-state index in [-0.39, 0.29) is 22.2 Å². The van der Waals surface area contributed by atoms with Crippen molar-refractivity contribution < 1.29 is 4.39 Å². The highest BCUT2D eigenvalue weighted by Crippen LogP contribution is 2.33. The van der Waals surface area contributed by atoms with Gasteiger partial charge in [0.2, 0.25) is 5.43 Å². The SMILES string of the molecule is CCn1c2cc(N3CC[C@@H](C(C)(C)N)C3)c(F)cc2c(=O)c2c(=O)[nH]sc21. The molecule has 144 valence electrons. The molecule has 1 aromatic carbocycles. The van der Waals surface area contributed by atoms with Crippen LogP contribution in [-0.4, -0.2) is 27.6 Å². The monoisotopic (exact) mass is 390 g/mol. The second-order valence-electron chi connectivity index (χ2n) is 7.86. The number of nitrogens with zero attached hydrogens (tertiary/aromatic N) is 2. The summed E-state index contributed by atoms with van der Waals surface area (Å²) in [6.07, 6.45) is 0.903. The van der Waals surface area contributed by atoms with Gasteiger partial charge in [-0.2, -0.15) is 0 Å². The van der Waals surface area contributed by atoms with Gasteiger partial charge < -0.3 is 15.2 Å². The highest BCUT2D eigenvalue weighted by Gasteiger charge is 2.33. The summed E-state index contributed by atoms with van der Waals surface area (Å²) in [5, 5.41) is 0.344. The lowest BCUT2D eigenvalue weighted by molar-refractivity contribution is 0.348. The van der Waals surface area contributed by atoms with Gasteiger partial charge in [0.25, 0.3) is 5.56 Å². The van der Waals surface area contributed by atoms with Crippen LogP contribution in [-0.2, 0) is 6.54 Å². The molecule has 0 spiro atoms. The van der Waals surface area contributed by atoms with Crippen molar-refractivity contribution >= 4 is 38.3 Å². The Morgan fingerprint density at radius 1 is 1.37 bits per heavy atom. The molecule has 0 aliphatic carbocycles. The molecule has 2 aromatic heterocycles. The van der Waals surface area contributed by atoms with Crippen LogP contribution in [0.15, 0.2) is 21.7 Å². The zero-order valence-electron chi connectivity index (χ0n) is 15.6. The van der Waals surface area contributed by atoms with Crippen LogP contribution in [0.5, 0.6) is 0 Å². The molecule has 0 unspecified atom stereocenters. The summed E-state index contributed by atoms with van der Waals surface area (Å²) in [5.74, 6) is -0.165. The molecule has 3 heterocycles. The number of hydrogen-bond donors (Lipinski definition) is 2. The van der Waals surface area contributed by atoms with Crippen molar-refractivity contribution in [1.29, 1.82) is 0 Å². The van der Waals surface area contributed by atoms with Crippen molar-refractivity contribution in [2.45, 2.75) is 39.3 Å². The van der Waals surface area contributed by atoms with E-state index in [1.807, 2.05) is 30.2 Å². The summed E-state index contributed by atoms with van der Waals surface area (Å²) in [4.78, 5) is 27.4. The van der Waals surface area contributed by atoms with E-state index < -0.39 is 16.8 Å². The fourth-order valence-electron chi connectivity index (χ4n) is 4.03. The topological polar surface area (TPSA) is 84.1 Å². The number of nitrogens with one attached hydrogen (secondary N) is 1. The number of halogens is 1. The third kappa shape index (κ3) is 2.78. The maximum Gasteiger partial charge on any atom is 0.271 e. The summed E-state index contributed by atoms with van der Waals surface area (Å²) >= 11 is 1.14. The van der Waals surface area contributed by atoms with Crippen molar-refractivity contribution in [2.24, 2.45) is 11.7 Å². The molecule has 6 nitrogen and oxygen atoms in total. The number of anilines is 1. The molecule has 1 saturated heterocycles. The number of pyridine rings is 1. The predicted octanol–water partition coefficient (Wildman–Crippen LogP) is 2.63. The highest BCUT2D eigenvalue weighted by molar-refractivity contribution is 7.12. The van der Waals surface area contributed by atoms with Gasteiger partial charge in [-0.25, -0.2) is 4.39 Å². The first-order chi connectivity index (χ1) is 12.7. The van der Waals surface area contributed by atoms with E-state index in [9.17, 15) is 14.0 Å². The van der Waals surface area contributed by atoms with Crippen molar-refractivity contribution in [3.8, 4) is 0 Å². The number of aromatic nitrogens is 2. The fraction of sp³-hybridized carbons (Fsp3) is 0.474. The molecule has 0 bridgehead atoms. The van der Waals surface area contributed by atoms with Gasteiger partial charge in [-0.3, -0.25) is 14.0 Å². The minimum absolute atomic E-state index is 0.104. The quantitative estimate of drug-likeness (QED) is 0.720. The van der Waals surface area contributed by atoms with Gasteiger partial charge in [0.15, 0.2) is 0 Å². The van der Waals surface area contributed by atoms with E-state index in [4.69, 9.17) is 5.73 Å². The second-order valence-corrected chi connectivity index (χ2v) is 8.66. The lowest BCUT2D eigenvalue weighted by atomic mass is 9.88. The Balaban J connectivity index is 1.93. The second kappa shape index (κ2) is 6.17. The number of rotatable bonds is 3. The predicted molar refractivity (Wildman–Crippen MR) is 108 cm³/mol. The van der Waals surface area contributed by atoms with Gasteiger partial charge in [0, 0.05) is 30.6 Å². The van der Waals surface area contributed by atoms with Crippen LogP contribution in [0.4, 0.5) is 10.1 Å². The molecule has 1 aliphatic heterocycles. The van der Waals surface area contributed by atoms with Crippen molar-refractivity contribution in [2.75, 3.05) is 18.0 Å². The minimum atomic E-state index is -0.441. The van der Waals surface area contributed by atoms with Gasteiger partial charge in [-0.05, 0) is 56.8 Å². The first-order valence-electron chi connectivity index (χ1n) is 9.13. The van der Waals surface area contributed by atoms with Crippen LogP contribution in [0.25, 0.3) is 21.1 Å². The first-order valence-corrected chi connectivity index (χ1v) is 9.95. The maximum atomic E-state index is 14.9. The normalized spacial score (nSPS) is 18.1. The van der Waals surface area contributed by atoms with E-state index in [1.165, 1.54) is 6.07 Å². The molecule has 8 heteroatoms. The van der Waals surface area contributed by atoms with Crippen molar-refractivity contribution in [3.63, 3.8) is 0 Å². The van der Waals surface area contributed by atoms with E-state index in [0.717, 1.165) is 24.5 Å². The average Bonchev–Trinajstić information content (AvgIpc) is 3.23. The van der Waals surface area contributed by atoms with Crippen LogP contribution in [0.1, 0.15) is 27.2 Å². The molecule has 1 fully saturated rings. The summed E-state index contributed by atoms with van der Waals surface area (Å²) in [5.41, 5.74) is 6.22. The first kappa shape index (κ1) is 18.2. The largest absolute Gasteiger partial charge is 0.369 e. The molecule has 0 radical (unpaired) electrons. The molecule has 1 atom stereocenters. The summed E-state index contributed by atoms with van der Waals surface area (Å²) in [6.45, 7) is 7.92. The molecule has 3 N–H and O–H groups in total. The van der Waals surface area contributed by atoms with Gasteiger partial charge in [-0.15, -0.1) is 0 Å². The van der Waals surface area contributed by atoms with Crippen molar-refractivity contribution in [3.05, 3.63) is 38.5 Å². The number of hydrogen-bond acceptors (Lipinski definition) is 5. The molecule has 3 aromatic rings. The van der Waals surface area contributed by atoms with Gasteiger partial charge in [0.05, 0.1) is 11.2 Å². The van der Waals surface area contributed by atoms with Gasteiger partial charge >= 0.3 is 0 Å². The number of aryl methyl sites for hydroxylation is 1. The summed E-state index contributed by atoms with van der Waals surface area (Å²) < 4.78 is 19.5. The lowest BCUT2D eigenvalue weighted by Gasteiger charge is -2.27. The van der Waals surface area contributed by atoms with Crippen LogP contribution in [0, 0.1) is 11.7 Å². The van der Waals surface area contributed by atoms with E-state index in [0.29, 0.717) is 29.1 Å². The van der Waals surface area contributed by atoms with Crippen molar-refractivity contribution in [1.82, 2.24) is 8.94 Å². The number of nitrogens with two attached hydrogens (primary N) is 1. The van der Waals surface area contributed by atoms with Gasteiger partial charge in [0.1, 0.15) is 16.0 Å². The standard InChI is InChI=1S/C19H23FN4O2S/c1-4-24-13-8-14(23-6-5-10(9-23)19(2,3)21)12(20)7-11(13)16(25)15-17(26)22-27-18(15)24/h7-8,10H,4-6,9,21H2,1-3H3,(H,22,26)/t10-/m1/s1. The Bertz CT molecular complexity index is 1150. The number of aromatic amines is 1. The lowest BCUT2D eigenvalue weighted by Crippen LogP contribution is -2.42. The van der Waals surface area contributed by atoms with Gasteiger partial charge in [-0.1, -0.05) is 0 Å². The Morgan fingerprint density at radius 3 is 2.74 bits per heavy atom. The molecule has 4 rings (SSSR count). The third-order valence-electron chi connectivity index (χ3n) is 5.65. The molecular weight excluding hydrogens is 367 g/mol. The Kier molecular flexibility index (Phi) is 4.16. The Labute approximate surface area is 159 Å². The zero-order valence-corrected chi connectivity index (χ0v) is 16.5. The minimum Gasteiger partial charge on any atom is -0.369 e. The van der Waals surface area contributed by atoms with Crippen LogP contribution < -0.4 is 21.6 Å². The fourth-order valence-corrected chi connectivity index (χ4v) is 4.94. The molecule has 0 saturated carbocycles. The summed E-state index contributed by atoms with van der Waals surface area (Å²) in [7, 11) is 0. The average molecular weight is 390 g/mol. The number of fused-ring (bicyclic) bond motifs is 2. The smallest absolute Gasteiger partial charge is 0.271 e. The third-order valence-corrected chi connectivity index (χ3v) is 6.56.